The summed E-state index contributed by atoms with van der Waals surface area (Å²) in [6.45, 7) is 3.73. The molecule has 3 atom stereocenters. The average Bonchev–Trinajstić information content (AvgIpc) is 3.21. The van der Waals surface area contributed by atoms with Crippen LogP contribution >= 0.6 is 27.3 Å². The van der Waals surface area contributed by atoms with E-state index < -0.39 is 24.2 Å². The number of carbonyl (C=O) groups is 1. The Kier molecular flexibility index (Phi) is 5.34. The Labute approximate surface area is 161 Å². The van der Waals surface area contributed by atoms with Crippen molar-refractivity contribution in [3.8, 4) is 0 Å². The van der Waals surface area contributed by atoms with Gasteiger partial charge in [-0.3, -0.25) is 4.79 Å². The predicted molar refractivity (Wildman–Crippen MR) is 97.5 cm³/mol. The summed E-state index contributed by atoms with van der Waals surface area (Å²) in [5, 5.41) is 11.6. The maximum Gasteiger partial charge on any atom is 0.410 e. The number of nitrogens with one attached hydrogen (secondary N) is 2. The second-order valence-corrected chi connectivity index (χ2v) is 8.02. The lowest BCUT2D eigenvalue weighted by atomic mass is 10.0. The molecule has 1 aliphatic rings. The van der Waals surface area contributed by atoms with Gasteiger partial charge in [0.2, 0.25) is 0 Å². The molecule has 10 heteroatoms. The van der Waals surface area contributed by atoms with Crippen molar-refractivity contribution in [3.05, 3.63) is 32.6 Å². The Morgan fingerprint density at radius 2 is 2.31 bits per heavy atom. The first-order valence-electron chi connectivity index (χ1n) is 8.17. The molecule has 2 aromatic heterocycles. The second-order valence-electron chi connectivity index (χ2n) is 6.24. The van der Waals surface area contributed by atoms with Gasteiger partial charge in [0, 0.05) is 17.3 Å². The fraction of sp³-hybridized carbons (Fsp3) is 0.500. The van der Waals surface area contributed by atoms with Gasteiger partial charge >= 0.3 is 6.18 Å². The largest absolute Gasteiger partial charge is 0.410 e. The first-order valence-corrected chi connectivity index (χ1v) is 9.85. The van der Waals surface area contributed by atoms with E-state index in [1.807, 2.05) is 19.2 Å². The van der Waals surface area contributed by atoms with Crippen molar-refractivity contribution in [2.75, 3.05) is 5.32 Å². The maximum atomic E-state index is 13.6. The number of carbonyl (C=O) groups excluding carboxylic acids is 1. The van der Waals surface area contributed by atoms with Gasteiger partial charge in [0.1, 0.15) is 5.82 Å². The highest BCUT2D eigenvalue weighted by Crippen LogP contribution is 2.46. The van der Waals surface area contributed by atoms with Gasteiger partial charge in [-0.05, 0) is 40.7 Å². The van der Waals surface area contributed by atoms with Gasteiger partial charge in [0.05, 0.1) is 10.5 Å². The van der Waals surface area contributed by atoms with Gasteiger partial charge in [-0.2, -0.15) is 18.3 Å². The number of anilines is 1. The fourth-order valence-electron chi connectivity index (χ4n) is 2.80. The van der Waals surface area contributed by atoms with Gasteiger partial charge in [-0.25, -0.2) is 4.68 Å². The van der Waals surface area contributed by atoms with E-state index in [4.69, 9.17) is 0 Å². The average molecular weight is 451 g/mol. The van der Waals surface area contributed by atoms with Crippen LogP contribution in [0.15, 0.2) is 22.0 Å². The molecule has 2 N–H and O–H groups in total. The molecule has 5 nitrogen and oxygen atoms in total. The lowest BCUT2D eigenvalue weighted by Crippen LogP contribution is -2.36. The van der Waals surface area contributed by atoms with E-state index in [0.717, 1.165) is 9.56 Å². The van der Waals surface area contributed by atoms with Gasteiger partial charge in [-0.1, -0.05) is 13.0 Å². The molecule has 0 fully saturated rings. The minimum absolute atomic E-state index is 0.0473. The molecule has 0 radical (unpaired) electrons. The number of nitrogens with zero attached hydrogens (tertiary/aromatic N) is 2. The van der Waals surface area contributed by atoms with Crippen molar-refractivity contribution in [1.82, 2.24) is 15.1 Å². The molecule has 3 heterocycles. The van der Waals surface area contributed by atoms with Crippen LogP contribution < -0.4 is 10.6 Å². The van der Waals surface area contributed by atoms with Crippen molar-refractivity contribution < 1.29 is 18.0 Å². The molecule has 0 saturated heterocycles. The van der Waals surface area contributed by atoms with E-state index in [9.17, 15) is 18.0 Å². The van der Waals surface area contributed by atoms with Gasteiger partial charge in [-0.15, -0.1) is 11.3 Å². The molecule has 3 rings (SSSR count). The highest BCUT2D eigenvalue weighted by molar-refractivity contribution is 9.10. The molecule has 0 aliphatic carbocycles. The lowest BCUT2D eigenvalue weighted by molar-refractivity contribution is -0.173. The summed E-state index contributed by atoms with van der Waals surface area (Å²) in [5.41, 5.74) is -0.0473. The third-order valence-corrected chi connectivity index (χ3v) is 6.12. The zero-order chi connectivity index (χ0) is 19.1. The van der Waals surface area contributed by atoms with E-state index in [0.29, 0.717) is 6.42 Å². The molecule has 0 saturated carbocycles. The van der Waals surface area contributed by atoms with E-state index in [2.05, 4.69) is 31.7 Å². The van der Waals surface area contributed by atoms with Crippen molar-refractivity contribution in [3.63, 3.8) is 0 Å². The van der Waals surface area contributed by atoms with Crippen molar-refractivity contribution in [2.24, 2.45) is 0 Å². The number of halogens is 4. The summed E-state index contributed by atoms with van der Waals surface area (Å²) in [4.78, 5) is 13.2. The summed E-state index contributed by atoms with van der Waals surface area (Å²) in [5.74, 6) is -0.324. The molecule has 0 bridgehead atoms. The number of alkyl halides is 3. The number of hydrogen-bond donors (Lipinski definition) is 2. The van der Waals surface area contributed by atoms with Crippen molar-refractivity contribution >= 4 is 39.0 Å². The predicted octanol–water partition coefficient (Wildman–Crippen LogP) is 4.90. The third-order valence-electron chi connectivity index (χ3n) is 4.39. The Balaban J connectivity index is 2.00. The Morgan fingerprint density at radius 3 is 2.88 bits per heavy atom. The quantitative estimate of drug-likeness (QED) is 0.696. The van der Waals surface area contributed by atoms with Crippen LogP contribution in [-0.2, 0) is 0 Å². The molecule has 26 heavy (non-hydrogen) atoms. The number of aromatic nitrogens is 2. The third kappa shape index (κ3) is 3.62. The topological polar surface area (TPSA) is 59.0 Å². The van der Waals surface area contributed by atoms with Crippen LogP contribution in [0.4, 0.5) is 19.0 Å². The van der Waals surface area contributed by atoms with Crippen LogP contribution in [0.5, 0.6) is 0 Å². The summed E-state index contributed by atoms with van der Waals surface area (Å²) >= 11 is 4.66. The summed E-state index contributed by atoms with van der Waals surface area (Å²) < 4.78 is 42.0. The van der Waals surface area contributed by atoms with Crippen LogP contribution in [0, 0.1) is 0 Å². The first kappa shape index (κ1) is 19.2. The van der Waals surface area contributed by atoms with E-state index in [1.165, 1.54) is 11.3 Å². The van der Waals surface area contributed by atoms with E-state index in [1.54, 1.807) is 12.1 Å². The molecule has 0 spiro atoms. The molecule has 142 valence electrons. The molecule has 1 aliphatic heterocycles. The Morgan fingerprint density at radius 1 is 1.58 bits per heavy atom. The van der Waals surface area contributed by atoms with Crippen LogP contribution in [0.25, 0.3) is 0 Å². The molecule has 3 unspecified atom stereocenters. The number of amides is 1. The van der Waals surface area contributed by atoms with Crippen molar-refractivity contribution in [1.29, 1.82) is 0 Å². The summed E-state index contributed by atoms with van der Waals surface area (Å²) in [7, 11) is 0. The van der Waals surface area contributed by atoms with Crippen molar-refractivity contribution in [2.45, 2.75) is 51.0 Å². The lowest BCUT2D eigenvalue weighted by Gasteiger charge is -2.33. The number of rotatable bonds is 4. The Bertz CT molecular complexity index is 790. The first-order chi connectivity index (χ1) is 12.2. The standard InChI is InChI=1S/C16H18BrF3N4OS/c1-3-8(2)21-15(25)13-12(17)14-22-9(10-5-4-6-26-10)7-11(16(18,19)20)24(14)23-13/h4-6,8-9,11,22H,3,7H2,1-2H3,(H,21,25). The molecular weight excluding hydrogens is 433 g/mol. The van der Waals surface area contributed by atoms with Crippen LogP contribution in [0.3, 0.4) is 0 Å². The van der Waals surface area contributed by atoms with E-state index in [-0.39, 0.29) is 28.4 Å². The number of hydrogen-bond acceptors (Lipinski definition) is 4. The van der Waals surface area contributed by atoms with Crippen LogP contribution in [0.2, 0.25) is 0 Å². The van der Waals surface area contributed by atoms with Gasteiger partial charge in [0.15, 0.2) is 11.7 Å². The second kappa shape index (κ2) is 7.22. The highest BCUT2D eigenvalue weighted by Gasteiger charge is 2.48. The SMILES string of the molecule is CCC(C)NC(=O)c1nn2c(c1Br)NC(c1cccs1)CC2C(F)(F)F. The Hall–Kier alpha value is -1.55. The minimum Gasteiger partial charge on any atom is -0.362 e. The van der Waals surface area contributed by atoms with Crippen LogP contribution in [-0.4, -0.2) is 27.9 Å². The summed E-state index contributed by atoms with van der Waals surface area (Å²) in [6, 6.07) is 1.21. The molecular formula is C16H18BrF3N4OS. The molecule has 0 aromatic carbocycles. The fourth-order valence-corrected chi connectivity index (χ4v) is 4.15. The van der Waals surface area contributed by atoms with Gasteiger partial charge < -0.3 is 10.6 Å². The molecule has 2 aromatic rings. The maximum absolute atomic E-state index is 13.6. The normalized spacial score (nSPS) is 21.0. The number of thiophene rings is 1. The zero-order valence-electron chi connectivity index (χ0n) is 14.1. The minimum atomic E-state index is -4.47. The summed E-state index contributed by atoms with van der Waals surface area (Å²) in [6.07, 6.45) is -3.94. The van der Waals surface area contributed by atoms with E-state index >= 15 is 0 Å². The van der Waals surface area contributed by atoms with Gasteiger partial charge in [0.25, 0.3) is 5.91 Å². The zero-order valence-corrected chi connectivity index (χ0v) is 16.5. The smallest absolute Gasteiger partial charge is 0.362 e. The highest BCUT2D eigenvalue weighted by atomic mass is 79.9. The monoisotopic (exact) mass is 450 g/mol. The number of fused-ring (bicyclic) bond motifs is 1. The molecule has 1 amide bonds. The van der Waals surface area contributed by atoms with Crippen LogP contribution in [0.1, 0.15) is 54.1 Å².